The molecule has 0 bridgehead atoms. The fourth-order valence-electron chi connectivity index (χ4n) is 3.07. The summed E-state index contributed by atoms with van der Waals surface area (Å²) in [4.78, 5) is 38.6. The van der Waals surface area contributed by atoms with Crippen LogP contribution in [0, 0.1) is 6.92 Å². The topological polar surface area (TPSA) is 87.1 Å². The summed E-state index contributed by atoms with van der Waals surface area (Å²) >= 11 is 0. The second-order valence-electron chi connectivity index (χ2n) is 6.67. The van der Waals surface area contributed by atoms with Crippen LogP contribution in [0.25, 0.3) is 0 Å². The van der Waals surface area contributed by atoms with Crippen LogP contribution in [0.4, 0.5) is 5.69 Å². The lowest BCUT2D eigenvalue weighted by atomic mass is 10.2. The average molecular weight is 428 g/mol. The van der Waals surface area contributed by atoms with Gasteiger partial charge in [-0.3, -0.25) is 0 Å². The van der Waals surface area contributed by atoms with Gasteiger partial charge in [-0.05, 0) is 26.3 Å². The summed E-state index contributed by atoms with van der Waals surface area (Å²) in [7, 11) is 2.94. The summed E-state index contributed by atoms with van der Waals surface area (Å²) in [6, 6.07) is 9.79. The number of carbonyl (C=O) groups is 3. The summed E-state index contributed by atoms with van der Waals surface area (Å²) in [6.45, 7) is 5.86. The van der Waals surface area contributed by atoms with Crippen LogP contribution in [-0.4, -0.2) is 49.8 Å². The Hall–Kier alpha value is -3.55. The van der Waals surface area contributed by atoms with Crippen molar-refractivity contribution in [2.75, 3.05) is 32.3 Å². The molecule has 0 saturated carbocycles. The van der Waals surface area contributed by atoms with Crippen molar-refractivity contribution in [2.24, 2.45) is 0 Å². The number of hydrogen-bond acceptors (Lipinski definition) is 7. The summed E-state index contributed by atoms with van der Waals surface area (Å²) in [5, 5.41) is 0. The third-order valence-corrected chi connectivity index (χ3v) is 4.61. The SMILES string of the molecule is CCOC(=O)C(=CN(C)c1cn(Cc2ccccc2)c(C)c1C(=O)OC)C(=O)OCC. The number of nitrogens with zero attached hydrogens (tertiary/aromatic N) is 2. The number of ether oxygens (including phenoxy) is 3. The third-order valence-electron chi connectivity index (χ3n) is 4.61. The van der Waals surface area contributed by atoms with Gasteiger partial charge in [-0.1, -0.05) is 30.3 Å². The van der Waals surface area contributed by atoms with Gasteiger partial charge in [0.2, 0.25) is 0 Å². The Kier molecular flexibility index (Phi) is 8.43. The van der Waals surface area contributed by atoms with E-state index < -0.39 is 17.9 Å². The van der Waals surface area contributed by atoms with Crippen LogP contribution in [0.2, 0.25) is 0 Å². The Morgan fingerprint density at radius 1 is 1.03 bits per heavy atom. The maximum absolute atomic E-state index is 12.5. The van der Waals surface area contributed by atoms with Crippen LogP contribution in [0.5, 0.6) is 0 Å². The van der Waals surface area contributed by atoms with Crippen LogP contribution in [0.15, 0.2) is 48.3 Å². The lowest BCUT2D eigenvalue weighted by molar-refractivity contribution is -0.146. The van der Waals surface area contributed by atoms with Crippen molar-refractivity contribution in [1.82, 2.24) is 4.57 Å². The normalized spacial score (nSPS) is 10.2. The molecule has 8 heteroatoms. The molecule has 0 unspecified atom stereocenters. The van der Waals surface area contributed by atoms with Gasteiger partial charge in [-0.15, -0.1) is 0 Å². The van der Waals surface area contributed by atoms with Gasteiger partial charge < -0.3 is 23.7 Å². The lowest BCUT2D eigenvalue weighted by Gasteiger charge is -2.16. The zero-order chi connectivity index (χ0) is 23.0. The highest BCUT2D eigenvalue weighted by molar-refractivity contribution is 6.14. The van der Waals surface area contributed by atoms with E-state index in [1.165, 1.54) is 18.2 Å². The van der Waals surface area contributed by atoms with Crippen molar-refractivity contribution in [3.63, 3.8) is 0 Å². The van der Waals surface area contributed by atoms with E-state index in [2.05, 4.69) is 0 Å². The van der Waals surface area contributed by atoms with E-state index in [4.69, 9.17) is 14.2 Å². The van der Waals surface area contributed by atoms with Crippen LogP contribution >= 0.6 is 0 Å². The van der Waals surface area contributed by atoms with Gasteiger partial charge in [-0.25, -0.2) is 14.4 Å². The predicted molar refractivity (Wildman–Crippen MR) is 116 cm³/mol. The van der Waals surface area contributed by atoms with Gasteiger partial charge >= 0.3 is 17.9 Å². The molecule has 2 aromatic rings. The van der Waals surface area contributed by atoms with Gasteiger partial charge in [0.05, 0.1) is 26.0 Å². The molecule has 31 heavy (non-hydrogen) atoms. The van der Waals surface area contributed by atoms with E-state index in [-0.39, 0.29) is 18.8 Å². The monoisotopic (exact) mass is 428 g/mol. The molecule has 0 spiro atoms. The molecule has 1 aromatic heterocycles. The molecule has 8 nitrogen and oxygen atoms in total. The molecule has 166 valence electrons. The minimum absolute atomic E-state index is 0.110. The van der Waals surface area contributed by atoms with Crippen molar-refractivity contribution in [3.8, 4) is 0 Å². The van der Waals surface area contributed by atoms with Crippen LogP contribution in [0.3, 0.4) is 0 Å². The Balaban J connectivity index is 2.51. The minimum Gasteiger partial charge on any atom is -0.465 e. The maximum Gasteiger partial charge on any atom is 0.347 e. The number of hydrogen-bond donors (Lipinski definition) is 0. The quantitative estimate of drug-likeness (QED) is 0.199. The zero-order valence-corrected chi connectivity index (χ0v) is 18.5. The van der Waals surface area contributed by atoms with E-state index in [1.807, 2.05) is 41.8 Å². The highest BCUT2D eigenvalue weighted by Crippen LogP contribution is 2.28. The molecule has 0 amide bonds. The van der Waals surface area contributed by atoms with Gasteiger partial charge in [0.25, 0.3) is 0 Å². The highest BCUT2D eigenvalue weighted by Gasteiger charge is 2.26. The standard InChI is InChI=1S/C23H28N2O6/c1-6-30-21(26)18(22(27)31-7-2)14-24(4)19-15-25(13-17-11-9-8-10-12-17)16(3)20(19)23(28)29-5/h8-12,14-15H,6-7,13H2,1-5H3. The molecule has 0 radical (unpaired) electrons. The molecule has 0 saturated heterocycles. The number of rotatable bonds is 9. The number of aromatic nitrogens is 1. The third kappa shape index (κ3) is 5.75. The van der Waals surface area contributed by atoms with Crippen LogP contribution in [-0.2, 0) is 30.3 Å². The van der Waals surface area contributed by atoms with E-state index in [9.17, 15) is 14.4 Å². The Bertz CT molecular complexity index is 942. The fourth-order valence-corrected chi connectivity index (χ4v) is 3.07. The molecule has 0 aliphatic carbocycles. The summed E-state index contributed by atoms with van der Waals surface area (Å²) < 4.78 is 16.8. The van der Waals surface area contributed by atoms with E-state index in [1.54, 1.807) is 27.1 Å². The number of benzene rings is 1. The minimum atomic E-state index is -0.798. The van der Waals surface area contributed by atoms with Crippen molar-refractivity contribution in [3.05, 3.63) is 65.1 Å². The maximum atomic E-state index is 12.5. The van der Waals surface area contributed by atoms with E-state index in [0.29, 0.717) is 23.5 Å². The molecule has 0 atom stereocenters. The number of carbonyl (C=O) groups excluding carboxylic acids is 3. The van der Waals surface area contributed by atoms with E-state index in [0.717, 1.165) is 5.56 Å². The highest BCUT2D eigenvalue weighted by atomic mass is 16.6. The predicted octanol–water partition coefficient (Wildman–Crippen LogP) is 3.08. The van der Waals surface area contributed by atoms with Crippen LogP contribution in [0.1, 0.15) is 35.5 Å². The zero-order valence-electron chi connectivity index (χ0n) is 18.5. The molecule has 1 aromatic carbocycles. The van der Waals surface area contributed by atoms with Crippen molar-refractivity contribution in [1.29, 1.82) is 0 Å². The number of methoxy groups -OCH3 is 1. The molecule has 0 aliphatic heterocycles. The molecule has 1 heterocycles. The van der Waals surface area contributed by atoms with E-state index >= 15 is 0 Å². The number of anilines is 1. The Morgan fingerprint density at radius 3 is 2.13 bits per heavy atom. The first-order valence-electron chi connectivity index (χ1n) is 9.94. The van der Waals surface area contributed by atoms with Crippen LogP contribution < -0.4 is 4.90 Å². The largest absolute Gasteiger partial charge is 0.465 e. The first kappa shape index (κ1) is 23.7. The molecular weight excluding hydrogens is 400 g/mol. The molecule has 0 aliphatic rings. The van der Waals surface area contributed by atoms with Gasteiger partial charge in [0.1, 0.15) is 5.56 Å². The first-order valence-corrected chi connectivity index (χ1v) is 9.94. The smallest absolute Gasteiger partial charge is 0.347 e. The second-order valence-corrected chi connectivity index (χ2v) is 6.67. The van der Waals surface area contributed by atoms with Crippen molar-refractivity contribution in [2.45, 2.75) is 27.3 Å². The summed E-state index contributed by atoms with van der Waals surface area (Å²) in [5.74, 6) is -2.12. The average Bonchev–Trinajstić information content (AvgIpc) is 3.08. The molecule has 2 rings (SSSR count). The molecule has 0 N–H and O–H groups in total. The first-order chi connectivity index (χ1) is 14.8. The molecule has 0 fully saturated rings. The van der Waals surface area contributed by atoms with Crippen molar-refractivity contribution >= 4 is 23.6 Å². The Morgan fingerprint density at radius 2 is 1.61 bits per heavy atom. The second kappa shape index (κ2) is 11.0. The Labute approximate surface area is 182 Å². The van der Waals surface area contributed by atoms with Gasteiger partial charge in [-0.2, -0.15) is 0 Å². The van der Waals surface area contributed by atoms with Crippen molar-refractivity contribution < 1.29 is 28.6 Å². The molecular formula is C23H28N2O6. The summed E-state index contributed by atoms with van der Waals surface area (Å²) in [5.41, 5.74) is 2.30. The number of esters is 3. The lowest BCUT2D eigenvalue weighted by Crippen LogP contribution is -2.23. The summed E-state index contributed by atoms with van der Waals surface area (Å²) in [6.07, 6.45) is 3.09. The van der Waals surface area contributed by atoms with Gasteiger partial charge in [0, 0.05) is 31.7 Å². The van der Waals surface area contributed by atoms with Gasteiger partial charge in [0.15, 0.2) is 5.57 Å². The fraction of sp³-hybridized carbons (Fsp3) is 0.348.